The second-order valence-corrected chi connectivity index (χ2v) is 3.97. The van der Waals surface area contributed by atoms with E-state index in [1.807, 2.05) is 0 Å². The monoisotopic (exact) mass is 185 g/mol. The van der Waals surface area contributed by atoms with Crippen LogP contribution in [0.25, 0.3) is 0 Å². The number of hydrogen-bond donors (Lipinski definition) is 1. The van der Waals surface area contributed by atoms with Crippen molar-refractivity contribution in [3.63, 3.8) is 0 Å². The molecule has 1 unspecified atom stereocenters. The summed E-state index contributed by atoms with van der Waals surface area (Å²) in [4.78, 5) is 0. The predicted octanol–water partition coefficient (Wildman–Crippen LogP) is 2.21. The quantitative estimate of drug-likeness (QED) is 0.614. The van der Waals surface area contributed by atoms with E-state index in [1.165, 1.54) is 5.57 Å². The molecule has 0 aliphatic carbocycles. The minimum atomic E-state index is 0.462. The largest absolute Gasteiger partial charge is 0.383 e. The minimum Gasteiger partial charge on any atom is -0.383 e. The average Bonchev–Trinajstić information content (AvgIpc) is 2.02. The Morgan fingerprint density at radius 1 is 1.46 bits per heavy atom. The van der Waals surface area contributed by atoms with Gasteiger partial charge >= 0.3 is 0 Å². The molecule has 13 heavy (non-hydrogen) atoms. The maximum absolute atomic E-state index is 5.14. The highest BCUT2D eigenvalue weighted by molar-refractivity contribution is 4.88. The van der Waals surface area contributed by atoms with Crippen LogP contribution in [0.2, 0.25) is 0 Å². The number of rotatable bonds is 7. The molecular weight excluding hydrogens is 162 g/mol. The lowest BCUT2D eigenvalue weighted by Gasteiger charge is -2.21. The number of nitrogens with one attached hydrogen (secondary N) is 1. The molecule has 0 aromatic carbocycles. The van der Waals surface area contributed by atoms with Crippen molar-refractivity contribution in [1.82, 2.24) is 5.32 Å². The van der Waals surface area contributed by atoms with Crippen LogP contribution in [-0.2, 0) is 4.74 Å². The molecule has 2 nitrogen and oxygen atoms in total. The van der Waals surface area contributed by atoms with E-state index in [0.717, 1.165) is 19.6 Å². The molecule has 0 aliphatic heterocycles. The molecule has 1 atom stereocenters. The first-order chi connectivity index (χ1) is 6.07. The van der Waals surface area contributed by atoms with Crippen LogP contribution in [0, 0.1) is 5.92 Å². The zero-order valence-corrected chi connectivity index (χ0v) is 9.39. The summed E-state index contributed by atoms with van der Waals surface area (Å²) in [6.45, 7) is 12.1. The second-order valence-electron chi connectivity index (χ2n) is 3.97. The molecule has 0 amide bonds. The average molecular weight is 185 g/mol. The maximum Gasteiger partial charge on any atom is 0.0618 e. The van der Waals surface area contributed by atoms with Crippen molar-refractivity contribution in [2.45, 2.75) is 33.2 Å². The van der Waals surface area contributed by atoms with Crippen LogP contribution in [0.1, 0.15) is 27.2 Å². The molecule has 2 heteroatoms. The number of hydrogen-bond acceptors (Lipinski definition) is 2. The fourth-order valence-corrected chi connectivity index (χ4v) is 1.14. The SMILES string of the molecule is C=C(C)CCNC(COC)C(C)C. The molecular formula is C11H23NO. The van der Waals surface area contributed by atoms with E-state index >= 15 is 0 Å². The normalized spacial score (nSPS) is 13.3. The third-order valence-electron chi connectivity index (χ3n) is 2.11. The molecule has 0 heterocycles. The van der Waals surface area contributed by atoms with E-state index in [4.69, 9.17) is 4.74 Å². The fraction of sp³-hybridized carbons (Fsp3) is 0.818. The maximum atomic E-state index is 5.14. The smallest absolute Gasteiger partial charge is 0.0618 e. The van der Waals surface area contributed by atoms with Gasteiger partial charge in [0.2, 0.25) is 0 Å². The van der Waals surface area contributed by atoms with Gasteiger partial charge in [0.25, 0.3) is 0 Å². The first kappa shape index (κ1) is 12.7. The summed E-state index contributed by atoms with van der Waals surface area (Å²) >= 11 is 0. The van der Waals surface area contributed by atoms with Crippen LogP contribution in [0.5, 0.6) is 0 Å². The van der Waals surface area contributed by atoms with Crippen molar-refractivity contribution >= 4 is 0 Å². The van der Waals surface area contributed by atoms with Crippen LogP contribution in [0.15, 0.2) is 12.2 Å². The van der Waals surface area contributed by atoms with E-state index < -0.39 is 0 Å². The van der Waals surface area contributed by atoms with Gasteiger partial charge in [-0.15, -0.1) is 6.58 Å². The zero-order chi connectivity index (χ0) is 10.3. The van der Waals surface area contributed by atoms with Gasteiger partial charge in [-0.3, -0.25) is 0 Å². The highest BCUT2D eigenvalue weighted by atomic mass is 16.5. The van der Waals surface area contributed by atoms with E-state index in [9.17, 15) is 0 Å². The molecule has 0 saturated heterocycles. The molecule has 0 aliphatic rings. The molecule has 78 valence electrons. The summed E-state index contributed by atoms with van der Waals surface area (Å²) in [5.74, 6) is 0.616. The number of ether oxygens (including phenoxy) is 1. The van der Waals surface area contributed by atoms with Gasteiger partial charge in [0.15, 0.2) is 0 Å². The van der Waals surface area contributed by atoms with E-state index in [1.54, 1.807) is 7.11 Å². The van der Waals surface area contributed by atoms with E-state index in [-0.39, 0.29) is 0 Å². The zero-order valence-electron chi connectivity index (χ0n) is 9.39. The van der Waals surface area contributed by atoms with Crippen molar-refractivity contribution in [2.24, 2.45) is 5.92 Å². The van der Waals surface area contributed by atoms with Gasteiger partial charge in [0.05, 0.1) is 6.61 Å². The van der Waals surface area contributed by atoms with Gasteiger partial charge in [0.1, 0.15) is 0 Å². The van der Waals surface area contributed by atoms with Crippen molar-refractivity contribution in [3.05, 3.63) is 12.2 Å². The van der Waals surface area contributed by atoms with Gasteiger partial charge in [-0.1, -0.05) is 19.4 Å². The van der Waals surface area contributed by atoms with Crippen molar-refractivity contribution < 1.29 is 4.74 Å². The molecule has 0 bridgehead atoms. The highest BCUT2D eigenvalue weighted by Gasteiger charge is 2.11. The van der Waals surface area contributed by atoms with Crippen molar-refractivity contribution in [3.8, 4) is 0 Å². The first-order valence-corrected chi connectivity index (χ1v) is 4.94. The Morgan fingerprint density at radius 3 is 2.46 bits per heavy atom. The van der Waals surface area contributed by atoms with Crippen LogP contribution < -0.4 is 5.32 Å². The summed E-state index contributed by atoms with van der Waals surface area (Å²) in [6, 6.07) is 0.462. The van der Waals surface area contributed by atoms with E-state index in [2.05, 4.69) is 32.7 Å². The Kier molecular flexibility index (Phi) is 6.92. The molecule has 0 aromatic heterocycles. The summed E-state index contributed by atoms with van der Waals surface area (Å²) in [6.07, 6.45) is 1.05. The van der Waals surface area contributed by atoms with Crippen LogP contribution in [0.3, 0.4) is 0 Å². The van der Waals surface area contributed by atoms with Crippen molar-refractivity contribution in [1.29, 1.82) is 0 Å². The topological polar surface area (TPSA) is 21.3 Å². The van der Waals surface area contributed by atoms with Crippen LogP contribution in [-0.4, -0.2) is 26.3 Å². The Balaban J connectivity index is 3.62. The molecule has 0 aromatic rings. The highest BCUT2D eigenvalue weighted by Crippen LogP contribution is 2.02. The summed E-state index contributed by atoms with van der Waals surface area (Å²) < 4.78 is 5.14. The van der Waals surface area contributed by atoms with Gasteiger partial charge in [-0.2, -0.15) is 0 Å². The lowest BCUT2D eigenvalue weighted by molar-refractivity contribution is 0.147. The molecule has 0 radical (unpaired) electrons. The lowest BCUT2D eigenvalue weighted by atomic mass is 10.1. The van der Waals surface area contributed by atoms with E-state index in [0.29, 0.717) is 12.0 Å². The molecule has 0 spiro atoms. The van der Waals surface area contributed by atoms with Gasteiger partial charge in [0, 0.05) is 13.2 Å². The predicted molar refractivity (Wildman–Crippen MR) is 57.9 cm³/mol. The van der Waals surface area contributed by atoms with Crippen LogP contribution in [0.4, 0.5) is 0 Å². The van der Waals surface area contributed by atoms with Gasteiger partial charge in [-0.25, -0.2) is 0 Å². The first-order valence-electron chi connectivity index (χ1n) is 4.94. The Bertz CT molecular complexity index is 143. The Hall–Kier alpha value is -0.340. The molecule has 0 fully saturated rings. The number of methoxy groups -OCH3 is 1. The second kappa shape index (κ2) is 7.10. The van der Waals surface area contributed by atoms with Gasteiger partial charge in [-0.05, 0) is 25.8 Å². The van der Waals surface area contributed by atoms with Crippen molar-refractivity contribution in [2.75, 3.05) is 20.3 Å². The third-order valence-corrected chi connectivity index (χ3v) is 2.11. The summed E-state index contributed by atoms with van der Waals surface area (Å²) in [5, 5.41) is 3.47. The fourth-order valence-electron chi connectivity index (χ4n) is 1.14. The minimum absolute atomic E-state index is 0.462. The molecule has 0 rings (SSSR count). The Labute approximate surface area is 82.4 Å². The lowest BCUT2D eigenvalue weighted by Crippen LogP contribution is -2.38. The Morgan fingerprint density at radius 2 is 2.08 bits per heavy atom. The third kappa shape index (κ3) is 6.79. The molecule has 1 N–H and O–H groups in total. The summed E-state index contributed by atoms with van der Waals surface area (Å²) in [5.41, 5.74) is 1.23. The van der Waals surface area contributed by atoms with Gasteiger partial charge < -0.3 is 10.1 Å². The summed E-state index contributed by atoms with van der Waals surface area (Å²) in [7, 11) is 1.75. The molecule has 0 saturated carbocycles. The van der Waals surface area contributed by atoms with Crippen LogP contribution >= 0.6 is 0 Å². The standard InChI is InChI=1S/C11H23NO/c1-9(2)6-7-12-11(8-13-5)10(3)4/h10-12H,1,6-8H2,2-5H3.